The topological polar surface area (TPSA) is 273 Å². The fourth-order valence-electron chi connectivity index (χ4n) is 5.52. The molecule has 0 unspecified atom stereocenters. The maximum Gasteiger partial charge on any atom is 1.00 e. The van der Waals surface area contributed by atoms with Crippen molar-refractivity contribution in [3.8, 4) is 22.6 Å². The summed E-state index contributed by atoms with van der Waals surface area (Å²) >= 11 is 0. The molecule has 0 atom stereocenters. The number of anilines is 2. The molecule has 2 aliphatic carbocycles. The number of Topliss-reactive ketones (excluding diaryl/α,β-unsaturated/α-hetero) is 2. The molecule has 23 heteroatoms. The van der Waals surface area contributed by atoms with E-state index in [0.717, 1.165) is 30.4 Å². The van der Waals surface area contributed by atoms with Crippen LogP contribution in [-0.2, 0) is 30.4 Å². The summed E-state index contributed by atoms with van der Waals surface area (Å²) in [7, 11) is -12.5. The van der Waals surface area contributed by atoms with Crippen molar-refractivity contribution >= 4 is 75.7 Å². The van der Waals surface area contributed by atoms with E-state index in [4.69, 9.17) is 9.47 Å². The molecule has 0 radical (unpaired) electrons. The summed E-state index contributed by atoms with van der Waals surface area (Å²) in [5, 5.41) is 7.94. The molecule has 278 valence electrons. The van der Waals surface area contributed by atoms with Gasteiger partial charge in [-0.15, -0.1) is 0 Å². The number of fused-ring (bicyclic) bond motifs is 2. The molecule has 0 fully saturated rings. The van der Waals surface area contributed by atoms with Crippen molar-refractivity contribution in [1.29, 1.82) is 0 Å². The van der Waals surface area contributed by atoms with E-state index in [1.807, 2.05) is 0 Å². The van der Waals surface area contributed by atoms with Crippen molar-refractivity contribution in [1.82, 2.24) is 0 Å². The minimum atomic E-state index is -5.33. The van der Waals surface area contributed by atoms with Gasteiger partial charge in [0.25, 0.3) is 0 Å². The molecule has 57 heavy (non-hydrogen) atoms. The second kappa shape index (κ2) is 18.9. The maximum absolute atomic E-state index is 13.2. The van der Waals surface area contributed by atoms with E-state index >= 15 is 0 Å². The van der Waals surface area contributed by atoms with Crippen LogP contribution >= 0.6 is 0 Å². The molecule has 17 nitrogen and oxygen atoms in total. The van der Waals surface area contributed by atoms with Crippen LogP contribution in [0.3, 0.4) is 0 Å². The Hall–Kier alpha value is -3.03. The average Bonchev–Trinajstić information content (AvgIpc) is 3.12. The van der Waals surface area contributed by atoms with Crippen LogP contribution in [0.1, 0.15) is 31.8 Å². The average molecular weight is 861 g/mol. The molecular weight excluding hydrogens is 838 g/mol. The standard InChI is InChI=1S/C34H26N4O13S3.3Na/c1-50-28-14-18(7-11-25(28)35-37-27-17-30(53(44,45)46)23-5-3-4-6-24(23)33(27)39)19-8-12-26(29(15-19)51-2)36-38-32-31(54(47,48)49)16-20-13-21(52(41,42)43)9-10-22(20)34(32)40;;;/h3-17,35-36H,1-2H3,(H,41,42,43)(H,44,45,46)(H,47,48,49);;;/q;3*+1/p-3/b37-27-,38-32+;;;. The van der Waals surface area contributed by atoms with E-state index in [0.29, 0.717) is 11.1 Å². The largest absolute Gasteiger partial charge is 1.00 e. The normalized spacial score (nSPS) is 15.1. The minimum absolute atomic E-state index is 0. The van der Waals surface area contributed by atoms with Crippen molar-refractivity contribution < 1.29 is 147 Å². The molecule has 0 aromatic heterocycles. The van der Waals surface area contributed by atoms with Crippen LogP contribution in [0.25, 0.3) is 22.1 Å². The Morgan fingerprint density at radius 2 is 1.09 bits per heavy atom. The second-order valence-corrected chi connectivity index (χ2v) is 15.4. The Morgan fingerprint density at radius 1 is 0.561 bits per heavy atom. The van der Waals surface area contributed by atoms with Gasteiger partial charge in [0.1, 0.15) is 53.3 Å². The summed E-state index contributed by atoms with van der Waals surface area (Å²) in [6.45, 7) is 0. The van der Waals surface area contributed by atoms with E-state index in [1.54, 1.807) is 30.3 Å². The molecule has 4 aromatic rings. The first-order valence-electron chi connectivity index (χ1n) is 15.1. The quantitative estimate of drug-likeness (QED) is 0.0855. The SMILES string of the molecule is COc1cc(-c2ccc(N/N=C3/C(=O)c4ccc(S(=O)(=O)[O-])cc4C=C3S(=O)(=O)[O-])c(OC)c2)ccc1N/N=C1/C=C(S(=O)(=O)[O-])c2ccccc2C1=O.[Na+].[Na+].[Na+]. The third-order valence-electron chi connectivity index (χ3n) is 8.09. The predicted octanol–water partition coefficient (Wildman–Crippen LogP) is -5.61. The molecule has 0 saturated heterocycles. The van der Waals surface area contributed by atoms with Crippen molar-refractivity contribution in [3.63, 3.8) is 0 Å². The zero-order valence-electron chi connectivity index (χ0n) is 30.6. The van der Waals surface area contributed by atoms with Crippen LogP contribution in [0.4, 0.5) is 11.4 Å². The molecular formula is C34H23N4Na3O13S3. The van der Waals surface area contributed by atoms with Crippen molar-refractivity contribution in [2.24, 2.45) is 10.2 Å². The van der Waals surface area contributed by atoms with Crippen LogP contribution in [0.15, 0.2) is 105 Å². The van der Waals surface area contributed by atoms with Crippen LogP contribution in [0, 0.1) is 0 Å². The van der Waals surface area contributed by atoms with Crippen LogP contribution in [0.2, 0.25) is 0 Å². The molecule has 6 rings (SSSR count). The number of carbonyl (C=O) groups is 2. The molecule has 0 aliphatic heterocycles. The number of hydrogen-bond acceptors (Lipinski definition) is 17. The summed E-state index contributed by atoms with van der Waals surface area (Å²) in [5.41, 5.74) is 5.10. The molecule has 0 amide bonds. The van der Waals surface area contributed by atoms with Gasteiger partial charge in [-0.2, -0.15) is 10.2 Å². The molecule has 0 bridgehead atoms. The maximum atomic E-state index is 13.2. The second-order valence-electron chi connectivity index (χ2n) is 11.3. The first-order chi connectivity index (χ1) is 25.4. The van der Waals surface area contributed by atoms with Crippen molar-refractivity contribution in [2.45, 2.75) is 4.90 Å². The number of hydrazone groups is 2. The van der Waals surface area contributed by atoms with Crippen molar-refractivity contribution in [2.75, 3.05) is 25.1 Å². The summed E-state index contributed by atoms with van der Waals surface area (Å²) in [6.07, 6.45) is 1.65. The number of benzene rings is 4. The van der Waals surface area contributed by atoms with Gasteiger partial charge in [-0.3, -0.25) is 20.4 Å². The van der Waals surface area contributed by atoms with Gasteiger partial charge in [0.2, 0.25) is 11.6 Å². The Labute approximate surface area is 392 Å². The smallest absolute Gasteiger partial charge is 0.744 e. The monoisotopic (exact) mass is 860 g/mol. The van der Waals surface area contributed by atoms with Crippen LogP contribution < -0.4 is 109 Å². The molecule has 0 heterocycles. The van der Waals surface area contributed by atoms with Gasteiger partial charge in [-0.25, -0.2) is 25.3 Å². The summed E-state index contributed by atoms with van der Waals surface area (Å²) in [6, 6.07) is 17.8. The number of ketones is 2. The zero-order chi connectivity index (χ0) is 39.2. The van der Waals surface area contributed by atoms with Crippen molar-refractivity contribution in [3.05, 3.63) is 112 Å². The Morgan fingerprint density at radius 3 is 1.60 bits per heavy atom. The summed E-state index contributed by atoms with van der Waals surface area (Å²) in [4.78, 5) is 23.9. The third-order valence-corrected chi connectivity index (χ3v) is 10.6. The number of ether oxygens (including phenoxy) is 2. The van der Waals surface area contributed by atoms with E-state index in [1.165, 1.54) is 44.6 Å². The third kappa shape index (κ3) is 10.4. The summed E-state index contributed by atoms with van der Waals surface area (Å²) in [5.74, 6) is -1.25. The summed E-state index contributed by atoms with van der Waals surface area (Å²) < 4.78 is 117. The van der Waals surface area contributed by atoms with Crippen LogP contribution in [0.5, 0.6) is 11.5 Å². The Bertz CT molecular complexity index is 2770. The fraction of sp³-hybridized carbons (Fsp3) is 0.0588. The minimum Gasteiger partial charge on any atom is -0.744 e. The molecule has 0 saturated carbocycles. The zero-order valence-corrected chi connectivity index (χ0v) is 39.0. The Kier molecular flexibility index (Phi) is 16.0. The number of hydrogen-bond donors (Lipinski definition) is 2. The van der Waals surface area contributed by atoms with E-state index in [2.05, 4.69) is 21.1 Å². The van der Waals surface area contributed by atoms with E-state index < -0.39 is 62.3 Å². The van der Waals surface area contributed by atoms with E-state index in [9.17, 15) is 48.5 Å². The number of methoxy groups -OCH3 is 2. The van der Waals surface area contributed by atoms with Gasteiger partial charge in [-0.05, 0) is 71.3 Å². The molecule has 0 spiro atoms. The number of rotatable bonds is 10. The fourth-order valence-corrected chi connectivity index (χ4v) is 7.38. The number of nitrogens with zero attached hydrogens (tertiary/aromatic N) is 2. The number of allylic oxidation sites excluding steroid dienone is 2. The van der Waals surface area contributed by atoms with E-state index in [-0.39, 0.29) is 140 Å². The molecule has 4 aromatic carbocycles. The first kappa shape index (κ1) is 48.3. The molecule has 2 N–H and O–H groups in total. The van der Waals surface area contributed by atoms with Gasteiger partial charge in [0.05, 0.1) is 40.3 Å². The molecule has 2 aliphatic rings. The number of nitrogens with one attached hydrogen (secondary N) is 2. The van der Waals surface area contributed by atoms with Gasteiger partial charge in [-0.1, -0.05) is 36.4 Å². The van der Waals surface area contributed by atoms with Gasteiger partial charge in [0, 0.05) is 16.7 Å². The predicted molar refractivity (Wildman–Crippen MR) is 192 cm³/mol. The van der Waals surface area contributed by atoms with Gasteiger partial charge >= 0.3 is 88.7 Å². The van der Waals surface area contributed by atoms with Crippen LogP contribution in [-0.4, -0.2) is 76.1 Å². The van der Waals surface area contributed by atoms with Gasteiger partial charge in [0.15, 0.2) is 0 Å². The first-order valence-corrected chi connectivity index (χ1v) is 19.3. The van der Waals surface area contributed by atoms with Gasteiger partial charge < -0.3 is 23.1 Å². The Balaban J connectivity index is 0.00000290. The number of carbonyl (C=O) groups excluding carboxylic acids is 2.